The minimum Gasteiger partial charge on any atom is -0.743 e. The Morgan fingerprint density at radius 3 is 1.59 bits per heavy atom. The van der Waals surface area contributed by atoms with Crippen molar-refractivity contribution in [1.82, 2.24) is 4.57 Å². The maximum Gasteiger partial charge on any atom is 0.460 e. The molecule has 0 saturated heterocycles. The predicted molar refractivity (Wildman–Crippen MR) is 103 cm³/mol. The second-order valence-corrected chi connectivity index (χ2v) is 9.18. The fourth-order valence-corrected chi connectivity index (χ4v) is 3.20. The number of nitrogens with zero attached hydrogens (tertiary/aromatic N) is 2. The van der Waals surface area contributed by atoms with Crippen LogP contribution in [-0.2, 0) is 23.7 Å². The summed E-state index contributed by atoms with van der Waals surface area (Å²) in [6.45, 7) is 3.46. The Labute approximate surface area is 192 Å². The van der Waals surface area contributed by atoms with Crippen LogP contribution >= 0.6 is 0 Å². The standard InChI is InChI=1S/C15H29N2.C4HF9O3S/c1-3-4-5-6-7-8-9-10-11-12-17-14-13-16(2)15-17;5-1(6,3(9,10)11)2(7,8)4(12,13)17(14,15)16/h13-15H,3-12H2,1-2H3;(H,14,15,16)/q+1;/p-1. The molecule has 0 aromatic carbocycles. The van der Waals surface area contributed by atoms with Gasteiger partial charge in [-0.1, -0.05) is 51.9 Å². The number of aromatic nitrogens is 2. The first-order valence-electron chi connectivity index (χ1n) is 10.5. The number of aryl methyl sites for hydroxylation is 2. The summed E-state index contributed by atoms with van der Waals surface area (Å²) in [5.74, 6) is -14.8. The molecular formula is C19H29F9N2O3S. The predicted octanol–water partition coefficient (Wildman–Crippen LogP) is 5.80. The van der Waals surface area contributed by atoms with Crippen molar-refractivity contribution >= 4 is 10.1 Å². The van der Waals surface area contributed by atoms with Gasteiger partial charge >= 0.3 is 23.3 Å². The molecule has 0 aliphatic heterocycles. The molecule has 0 aliphatic rings. The average molecular weight is 537 g/mol. The van der Waals surface area contributed by atoms with Gasteiger partial charge in [-0.2, -0.15) is 39.5 Å². The van der Waals surface area contributed by atoms with E-state index in [1.165, 1.54) is 64.3 Å². The van der Waals surface area contributed by atoms with Crippen molar-refractivity contribution in [3.05, 3.63) is 18.7 Å². The number of imidazole rings is 1. The number of hydrogen-bond donors (Lipinski definition) is 0. The van der Waals surface area contributed by atoms with Crippen LogP contribution in [-0.4, -0.2) is 40.8 Å². The van der Waals surface area contributed by atoms with Gasteiger partial charge < -0.3 is 4.55 Å². The second-order valence-electron chi connectivity index (χ2n) is 7.76. The van der Waals surface area contributed by atoms with E-state index in [1.807, 2.05) is 0 Å². The molecule has 0 unspecified atom stereocenters. The maximum absolute atomic E-state index is 12.2. The zero-order valence-corrected chi connectivity index (χ0v) is 19.5. The summed E-state index contributed by atoms with van der Waals surface area (Å²) in [6, 6.07) is 0. The summed E-state index contributed by atoms with van der Waals surface area (Å²) in [5.41, 5.74) is 0. The van der Waals surface area contributed by atoms with Gasteiger partial charge in [0.15, 0.2) is 10.1 Å². The third-order valence-electron chi connectivity index (χ3n) is 4.77. The van der Waals surface area contributed by atoms with E-state index < -0.39 is 33.4 Å². The van der Waals surface area contributed by atoms with Crippen LogP contribution in [0.1, 0.15) is 64.7 Å². The van der Waals surface area contributed by atoms with Crippen molar-refractivity contribution in [2.45, 2.75) is 94.5 Å². The van der Waals surface area contributed by atoms with Gasteiger partial charge in [-0.05, 0) is 12.8 Å². The number of alkyl halides is 9. The van der Waals surface area contributed by atoms with Gasteiger partial charge in [0.25, 0.3) is 0 Å². The van der Waals surface area contributed by atoms with Crippen LogP contribution in [0.4, 0.5) is 39.5 Å². The summed E-state index contributed by atoms with van der Waals surface area (Å²) in [4.78, 5) is 0. The van der Waals surface area contributed by atoms with E-state index in [2.05, 4.69) is 41.8 Å². The minimum absolute atomic E-state index is 1.18. The monoisotopic (exact) mass is 536 g/mol. The third kappa shape index (κ3) is 8.93. The highest BCUT2D eigenvalue weighted by Gasteiger charge is 2.83. The van der Waals surface area contributed by atoms with Gasteiger partial charge in [-0.15, -0.1) is 0 Å². The number of rotatable bonds is 13. The van der Waals surface area contributed by atoms with Gasteiger partial charge in [-0.25, -0.2) is 17.6 Å². The van der Waals surface area contributed by atoms with E-state index in [0.717, 1.165) is 0 Å². The first kappa shape index (κ1) is 32.5. The molecule has 34 heavy (non-hydrogen) atoms. The minimum atomic E-state index is -7.43. The molecule has 1 heterocycles. The molecule has 202 valence electrons. The molecule has 1 rings (SSSR count). The van der Waals surface area contributed by atoms with Crippen LogP contribution in [0.15, 0.2) is 18.7 Å². The van der Waals surface area contributed by atoms with Crippen molar-refractivity contribution in [1.29, 1.82) is 0 Å². The van der Waals surface area contributed by atoms with E-state index in [9.17, 15) is 52.5 Å². The van der Waals surface area contributed by atoms with Gasteiger partial charge in [0.2, 0.25) is 6.33 Å². The average Bonchev–Trinajstić information content (AvgIpc) is 3.10. The molecule has 15 heteroatoms. The Kier molecular flexibility index (Phi) is 12.4. The third-order valence-corrected chi connectivity index (χ3v) is 5.66. The zero-order chi connectivity index (χ0) is 26.8. The van der Waals surface area contributed by atoms with E-state index in [4.69, 9.17) is 0 Å². The Bertz CT molecular complexity index is 825. The van der Waals surface area contributed by atoms with Crippen molar-refractivity contribution in [2.24, 2.45) is 7.05 Å². The smallest absolute Gasteiger partial charge is 0.460 e. The van der Waals surface area contributed by atoms with Gasteiger partial charge in [-0.3, -0.25) is 0 Å². The lowest BCUT2D eigenvalue weighted by Gasteiger charge is -2.34. The largest absolute Gasteiger partial charge is 0.743 e. The number of hydrogen-bond acceptors (Lipinski definition) is 3. The lowest BCUT2D eigenvalue weighted by molar-refractivity contribution is -0.671. The lowest BCUT2D eigenvalue weighted by Crippen LogP contribution is -2.63. The first-order chi connectivity index (χ1) is 15.3. The second kappa shape index (κ2) is 13.0. The zero-order valence-electron chi connectivity index (χ0n) is 18.7. The summed E-state index contributed by atoms with van der Waals surface area (Å²) in [6.07, 6.45) is 11.9. The molecule has 0 atom stereocenters. The highest BCUT2D eigenvalue weighted by molar-refractivity contribution is 7.86. The van der Waals surface area contributed by atoms with E-state index in [0.29, 0.717) is 0 Å². The van der Waals surface area contributed by atoms with Crippen molar-refractivity contribution in [3.63, 3.8) is 0 Å². The number of unbranched alkanes of at least 4 members (excludes halogenated alkanes) is 8. The van der Waals surface area contributed by atoms with E-state index >= 15 is 0 Å². The van der Waals surface area contributed by atoms with Crippen LogP contribution in [0.25, 0.3) is 0 Å². The SMILES string of the molecule is CCCCCCCCCCCn1cc[n+](C)c1.O=S(=O)([O-])C(F)(F)C(F)(F)C(F)(F)C(F)(F)F. The summed E-state index contributed by atoms with van der Waals surface area (Å²) < 4.78 is 140. The fraction of sp³-hybridized carbons (Fsp3) is 0.842. The fourth-order valence-electron chi connectivity index (χ4n) is 2.76. The van der Waals surface area contributed by atoms with Crippen LogP contribution < -0.4 is 4.57 Å². The van der Waals surface area contributed by atoms with Crippen molar-refractivity contribution in [2.75, 3.05) is 0 Å². The van der Waals surface area contributed by atoms with E-state index in [-0.39, 0.29) is 0 Å². The Morgan fingerprint density at radius 1 is 0.794 bits per heavy atom. The molecule has 1 aromatic heterocycles. The molecule has 0 N–H and O–H groups in total. The molecule has 0 spiro atoms. The van der Waals surface area contributed by atoms with Crippen molar-refractivity contribution in [3.8, 4) is 0 Å². The highest BCUT2D eigenvalue weighted by atomic mass is 32.2. The molecule has 0 bridgehead atoms. The van der Waals surface area contributed by atoms with Crippen LogP contribution in [0.5, 0.6) is 0 Å². The summed E-state index contributed by atoms with van der Waals surface area (Å²) in [5, 5.41) is -7.11. The number of halogens is 9. The van der Waals surface area contributed by atoms with Gasteiger partial charge in [0.05, 0.1) is 13.6 Å². The summed E-state index contributed by atoms with van der Waals surface area (Å²) >= 11 is 0. The molecule has 5 nitrogen and oxygen atoms in total. The van der Waals surface area contributed by atoms with Gasteiger partial charge in [0.1, 0.15) is 12.4 Å². The maximum atomic E-state index is 12.2. The molecule has 0 fully saturated rings. The molecule has 0 saturated carbocycles. The lowest BCUT2D eigenvalue weighted by atomic mass is 10.1. The van der Waals surface area contributed by atoms with Gasteiger partial charge in [0, 0.05) is 0 Å². The molecule has 1 aromatic rings. The van der Waals surface area contributed by atoms with Crippen LogP contribution in [0, 0.1) is 0 Å². The summed E-state index contributed by atoms with van der Waals surface area (Å²) in [7, 11) is -5.34. The van der Waals surface area contributed by atoms with Crippen molar-refractivity contribution < 1.29 is 57.1 Å². The Hall–Kier alpha value is -1.51. The molecule has 0 radical (unpaired) electrons. The quantitative estimate of drug-likeness (QED) is 0.139. The highest BCUT2D eigenvalue weighted by Crippen LogP contribution is 2.54. The van der Waals surface area contributed by atoms with E-state index in [1.54, 1.807) is 0 Å². The van der Waals surface area contributed by atoms with Crippen LogP contribution in [0.3, 0.4) is 0 Å². The molecule has 0 amide bonds. The first-order valence-corrected chi connectivity index (χ1v) is 11.9. The molecular weight excluding hydrogens is 507 g/mol. The van der Waals surface area contributed by atoms with Crippen LogP contribution in [0.2, 0.25) is 0 Å². The Balaban J connectivity index is 0.000000641. The Morgan fingerprint density at radius 2 is 1.24 bits per heavy atom. The molecule has 0 aliphatic carbocycles. The topological polar surface area (TPSA) is 66.0 Å². The normalized spacial score (nSPS) is 13.5.